The van der Waals surface area contributed by atoms with E-state index in [9.17, 15) is 13.2 Å². The molecule has 10 nitrogen and oxygen atoms in total. The summed E-state index contributed by atoms with van der Waals surface area (Å²) in [5, 5.41) is 3.46. The van der Waals surface area contributed by atoms with Crippen LogP contribution in [-0.4, -0.2) is 81.0 Å². The van der Waals surface area contributed by atoms with Crippen LogP contribution in [-0.2, 0) is 28.4 Å². The first-order valence-electron chi connectivity index (χ1n) is 14.6. The van der Waals surface area contributed by atoms with Gasteiger partial charge in [-0.05, 0) is 36.9 Å². The van der Waals surface area contributed by atoms with Crippen molar-refractivity contribution in [3.63, 3.8) is 0 Å². The van der Waals surface area contributed by atoms with E-state index < -0.39 is 42.8 Å². The Morgan fingerprint density at radius 2 is 1.51 bits per heavy atom. The number of rotatable bonds is 21. The second-order valence-corrected chi connectivity index (χ2v) is 11.9. The van der Waals surface area contributed by atoms with Crippen LogP contribution >= 0.6 is 21.6 Å². The van der Waals surface area contributed by atoms with E-state index in [0.717, 1.165) is 32.1 Å². The Balaban J connectivity index is 2.40. The van der Waals surface area contributed by atoms with E-state index >= 15 is 0 Å². The molecular weight excluding hydrogens is 609 g/mol. The predicted octanol–water partition coefficient (Wildman–Crippen LogP) is 8.20. The fourth-order valence-corrected chi connectivity index (χ4v) is 5.15. The van der Waals surface area contributed by atoms with Crippen LogP contribution in [0.2, 0.25) is 0 Å². The van der Waals surface area contributed by atoms with Crippen molar-refractivity contribution < 1.29 is 41.6 Å². The second-order valence-electron chi connectivity index (χ2n) is 9.56. The smallest absolute Gasteiger partial charge is 0.441 e. The molecule has 1 saturated heterocycles. The minimum absolute atomic E-state index is 0.00176. The maximum absolute atomic E-state index is 14.2. The van der Waals surface area contributed by atoms with E-state index in [4.69, 9.17) is 34.0 Å². The summed E-state index contributed by atoms with van der Waals surface area (Å²) in [7, 11) is 2.64. The number of benzene rings is 1. The molecule has 1 aliphatic heterocycles. The maximum atomic E-state index is 14.2. The molecule has 0 saturated carbocycles. The number of ether oxygens (including phenoxy) is 6. The largest absolute Gasteiger partial charge is 0.468 e. The lowest BCUT2D eigenvalue weighted by atomic mass is 9.98. The van der Waals surface area contributed by atoms with Crippen molar-refractivity contribution in [1.82, 2.24) is 0 Å². The van der Waals surface area contributed by atoms with Gasteiger partial charge in [0.1, 0.15) is 30.4 Å². The molecule has 0 amide bonds. The van der Waals surface area contributed by atoms with Crippen molar-refractivity contribution in [1.29, 1.82) is 0 Å². The van der Waals surface area contributed by atoms with Gasteiger partial charge in [-0.1, -0.05) is 84.9 Å². The van der Waals surface area contributed by atoms with Gasteiger partial charge in [0.2, 0.25) is 6.29 Å². The molecule has 1 aromatic rings. The molecule has 2 unspecified atom stereocenters. The highest BCUT2D eigenvalue weighted by Crippen LogP contribution is 2.33. The molecule has 0 spiro atoms. The van der Waals surface area contributed by atoms with Crippen LogP contribution in [0.15, 0.2) is 40.4 Å². The second kappa shape index (κ2) is 21.9. The van der Waals surface area contributed by atoms with Crippen LogP contribution in [0.1, 0.15) is 59.3 Å². The summed E-state index contributed by atoms with van der Waals surface area (Å²) in [6.45, 7) is 7.09. The molecule has 0 radical (unpaired) electrons. The lowest BCUT2D eigenvalue weighted by Gasteiger charge is -2.45. The highest BCUT2D eigenvalue weighted by atomic mass is 33.1. The number of hydrogen-bond donors (Lipinski definition) is 0. The maximum Gasteiger partial charge on any atom is 0.468 e. The van der Waals surface area contributed by atoms with Crippen molar-refractivity contribution in [2.24, 2.45) is 10.1 Å². The molecule has 0 aliphatic carbocycles. The number of azide groups is 1. The molecule has 1 fully saturated rings. The highest BCUT2D eigenvalue weighted by Gasteiger charge is 2.52. The van der Waals surface area contributed by atoms with Gasteiger partial charge >= 0.3 is 6.18 Å². The molecule has 0 bridgehead atoms. The quantitative estimate of drug-likeness (QED) is 0.0191. The molecule has 244 valence electrons. The van der Waals surface area contributed by atoms with Crippen molar-refractivity contribution in [3.8, 4) is 0 Å². The molecule has 43 heavy (non-hydrogen) atoms. The summed E-state index contributed by atoms with van der Waals surface area (Å²) in [4.78, 5) is 6.47. The summed E-state index contributed by atoms with van der Waals surface area (Å²) in [6.07, 6.45) is -4.92. The zero-order chi connectivity index (χ0) is 31.3. The van der Waals surface area contributed by atoms with E-state index in [1.54, 1.807) is 18.2 Å². The fraction of sp³-hybridized carbons (Fsp3) is 0.750. The molecule has 5 atom stereocenters. The molecule has 0 N–H and O–H groups in total. The molecular formula is C28H43F3N4O6S2. The van der Waals surface area contributed by atoms with Gasteiger partial charge in [0.15, 0.2) is 0 Å². The molecule has 2 rings (SSSR count). The van der Waals surface area contributed by atoms with E-state index in [1.165, 1.54) is 33.7 Å². The van der Waals surface area contributed by atoms with E-state index in [2.05, 4.69) is 15.0 Å². The van der Waals surface area contributed by atoms with Crippen LogP contribution in [0.25, 0.3) is 10.4 Å². The van der Waals surface area contributed by atoms with E-state index in [0.29, 0.717) is 19.6 Å². The van der Waals surface area contributed by atoms with Gasteiger partial charge in [0, 0.05) is 24.7 Å². The lowest BCUT2D eigenvalue weighted by Crippen LogP contribution is -2.62. The van der Waals surface area contributed by atoms with Gasteiger partial charge in [-0.3, -0.25) is 0 Å². The SMILES string of the molecule is CCCCOC1[C@H](O/C(=N/c2ccccc2)C(F)(F)F)OC(COCSSCN=[N+]=[N-])[C@@H](OCCCC)[C@@H]1OCCCC. The van der Waals surface area contributed by atoms with Gasteiger partial charge in [-0.2, -0.15) is 13.2 Å². The third-order valence-electron chi connectivity index (χ3n) is 6.14. The summed E-state index contributed by atoms with van der Waals surface area (Å²) < 4.78 is 78.9. The minimum atomic E-state index is -4.90. The molecule has 15 heteroatoms. The Morgan fingerprint density at radius 3 is 2.09 bits per heavy atom. The third-order valence-corrected chi connectivity index (χ3v) is 7.90. The van der Waals surface area contributed by atoms with Crippen LogP contribution in [0, 0.1) is 0 Å². The van der Waals surface area contributed by atoms with Crippen LogP contribution in [0.5, 0.6) is 0 Å². The topological polar surface area (TPSA) is 117 Å². The fourth-order valence-electron chi connectivity index (χ4n) is 3.97. The summed E-state index contributed by atoms with van der Waals surface area (Å²) >= 11 is 0. The van der Waals surface area contributed by atoms with E-state index in [-0.39, 0.29) is 30.7 Å². The Kier molecular flexibility index (Phi) is 19.1. The third kappa shape index (κ3) is 14.3. The molecule has 0 aromatic heterocycles. The number of halogens is 3. The van der Waals surface area contributed by atoms with Crippen LogP contribution in [0.3, 0.4) is 0 Å². The summed E-state index contributed by atoms with van der Waals surface area (Å²) in [5.41, 5.74) is 8.51. The van der Waals surface area contributed by atoms with Crippen molar-refractivity contribution >= 4 is 33.2 Å². The van der Waals surface area contributed by atoms with Gasteiger partial charge in [-0.25, -0.2) is 4.99 Å². The Morgan fingerprint density at radius 1 is 0.907 bits per heavy atom. The number of aliphatic imine (C=N–C) groups is 1. The number of para-hydroxylation sites is 1. The van der Waals surface area contributed by atoms with Crippen molar-refractivity contribution in [2.45, 2.75) is 96.2 Å². The standard InChI is InChI=1S/C28H43F3N4O6S2/c1-4-7-15-37-23-22(18-36-20-43-42-19-33-35-32)40-26(25(39-17-9-6-3)24(23)38-16-8-5-2)41-27(28(29,30)31)34-21-13-11-10-12-14-21/h10-14,22-26H,4-9,15-20H2,1-3H3/b34-27+/t22?,23-,24+,25?,26+/m1/s1. The van der Waals surface area contributed by atoms with Gasteiger partial charge in [-0.15, -0.1) is 0 Å². The first-order valence-corrected chi connectivity index (χ1v) is 17.0. The highest BCUT2D eigenvalue weighted by molar-refractivity contribution is 8.76. The van der Waals surface area contributed by atoms with Gasteiger partial charge < -0.3 is 28.4 Å². The average molecular weight is 653 g/mol. The average Bonchev–Trinajstić information content (AvgIpc) is 2.98. The number of alkyl halides is 3. The monoisotopic (exact) mass is 652 g/mol. The number of unbranched alkanes of at least 4 members (excludes halogenated alkanes) is 3. The summed E-state index contributed by atoms with van der Waals surface area (Å²) in [5.74, 6) is -0.997. The number of hydrogen-bond acceptors (Lipinski definition) is 10. The van der Waals surface area contributed by atoms with Gasteiger partial charge in [0.05, 0.1) is 18.2 Å². The van der Waals surface area contributed by atoms with Crippen LogP contribution in [0.4, 0.5) is 18.9 Å². The van der Waals surface area contributed by atoms with Gasteiger partial charge in [0.25, 0.3) is 5.90 Å². The minimum Gasteiger partial charge on any atom is -0.441 e. The Labute approximate surface area is 259 Å². The first-order chi connectivity index (χ1) is 20.8. The Hall–Kier alpha value is -1.71. The molecule has 1 aromatic carbocycles. The van der Waals surface area contributed by atoms with Crippen molar-refractivity contribution in [3.05, 3.63) is 40.8 Å². The Bertz CT molecular complexity index is 960. The predicted molar refractivity (Wildman–Crippen MR) is 163 cm³/mol. The first kappa shape index (κ1) is 37.5. The number of nitrogens with zero attached hydrogens (tertiary/aromatic N) is 4. The van der Waals surface area contributed by atoms with Crippen LogP contribution < -0.4 is 0 Å². The molecule has 1 aliphatic rings. The lowest BCUT2D eigenvalue weighted by molar-refractivity contribution is -0.310. The van der Waals surface area contributed by atoms with E-state index in [1.807, 2.05) is 20.8 Å². The molecule has 1 heterocycles. The normalized spacial score (nSPS) is 22.7. The zero-order valence-corrected chi connectivity index (χ0v) is 26.6. The summed E-state index contributed by atoms with van der Waals surface area (Å²) in [6, 6.07) is 7.77. The zero-order valence-electron chi connectivity index (χ0n) is 24.9. The van der Waals surface area contributed by atoms with Crippen molar-refractivity contribution in [2.75, 3.05) is 38.2 Å².